The Labute approximate surface area is 98.2 Å². The third kappa shape index (κ3) is 2.76. The Morgan fingerprint density at radius 3 is 2.50 bits per heavy atom. The largest absolute Gasteiger partial charge is 0.381 e. The molecule has 1 aliphatic carbocycles. The second kappa shape index (κ2) is 5.35. The molecule has 88 valence electrons. The molecular weight excluding hydrogens is 196 g/mol. The first-order chi connectivity index (χ1) is 7.79. The lowest BCUT2D eigenvalue weighted by molar-refractivity contribution is 0.404. The van der Waals surface area contributed by atoms with Crippen LogP contribution in [-0.2, 0) is 6.42 Å². The number of benzene rings is 1. The van der Waals surface area contributed by atoms with E-state index in [1.165, 1.54) is 30.5 Å². The number of hydrogen-bond donors (Lipinski definition) is 2. The maximum Gasteiger partial charge on any atom is 0.0412 e. The van der Waals surface area contributed by atoms with E-state index in [2.05, 4.69) is 36.5 Å². The van der Waals surface area contributed by atoms with Crippen LogP contribution in [0.25, 0.3) is 0 Å². The molecule has 2 atom stereocenters. The van der Waals surface area contributed by atoms with Crippen molar-refractivity contribution in [1.82, 2.24) is 0 Å². The SMILES string of the molecule is CCc1ccc(N[C@H]2CCCC[C@H]2N)cc1. The van der Waals surface area contributed by atoms with Gasteiger partial charge in [-0.15, -0.1) is 0 Å². The summed E-state index contributed by atoms with van der Waals surface area (Å²) in [4.78, 5) is 0. The van der Waals surface area contributed by atoms with E-state index in [4.69, 9.17) is 5.73 Å². The first-order valence-electron chi connectivity index (χ1n) is 6.40. The van der Waals surface area contributed by atoms with E-state index < -0.39 is 0 Å². The number of nitrogens with one attached hydrogen (secondary N) is 1. The zero-order valence-corrected chi connectivity index (χ0v) is 10.1. The standard InChI is InChI=1S/C14H22N2/c1-2-11-7-9-12(10-8-11)16-14-6-4-3-5-13(14)15/h7-10,13-14,16H,2-6,15H2,1H3/t13-,14+/m1/s1. The van der Waals surface area contributed by atoms with E-state index in [9.17, 15) is 0 Å². The lowest BCUT2D eigenvalue weighted by atomic mass is 9.91. The number of nitrogens with two attached hydrogens (primary N) is 1. The van der Waals surface area contributed by atoms with Gasteiger partial charge in [-0.25, -0.2) is 0 Å². The molecule has 2 nitrogen and oxygen atoms in total. The lowest BCUT2D eigenvalue weighted by Crippen LogP contribution is -2.42. The predicted octanol–water partition coefficient (Wildman–Crippen LogP) is 2.93. The minimum atomic E-state index is 0.319. The molecule has 2 heteroatoms. The van der Waals surface area contributed by atoms with Crippen LogP contribution in [0, 0.1) is 0 Å². The fourth-order valence-electron chi connectivity index (χ4n) is 2.39. The van der Waals surface area contributed by atoms with Gasteiger partial charge in [0.1, 0.15) is 0 Å². The van der Waals surface area contributed by atoms with Crippen LogP contribution in [0.2, 0.25) is 0 Å². The average Bonchev–Trinajstić information content (AvgIpc) is 2.33. The summed E-state index contributed by atoms with van der Waals surface area (Å²) in [5.41, 5.74) is 8.72. The molecule has 1 fully saturated rings. The Morgan fingerprint density at radius 2 is 1.88 bits per heavy atom. The molecule has 0 radical (unpaired) electrons. The van der Waals surface area contributed by atoms with E-state index in [1.807, 2.05) is 0 Å². The van der Waals surface area contributed by atoms with Gasteiger partial charge >= 0.3 is 0 Å². The van der Waals surface area contributed by atoms with Crippen LogP contribution < -0.4 is 11.1 Å². The highest BCUT2D eigenvalue weighted by Gasteiger charge is 2.21. The van der Waals surface area contributed by atoms with Crippen molar-refractivity contribution in [3.05, 3.63) is 29.8 Å². The second-order valence-corrected chi connectivity index (χ2v) is 4.75. The van der Waals surface area contributed by atoms with Crippen LogP contribution in [0.3, 0.4) is 0 Å². The normalized spacial score (nSPS) is 25.4. The molecule has 16 heavy (non-hydrogen) atoms. The van der Waals surface area contributed by atoms with Crippen molar-refractivity contribution in [2.45, 2.75) is 51.1 Å². The summed E-state index contributed by atoms with van der Waals surface area (Å²) in [6.45, 7) is 2.18. The van der Waals surface area contributed by atoms with E-state index in [-0.39, 0.29) is 0 Å². The van der Waals surface area contributed by atoms with Crippen LogP contribution >= 0.6 is 0 Å². The molecule has 0 spiro atoms. The van der Waals surface area contributed by atoms with Gasteiger partial charge in [0.25, 0.3) is 0 Å². The summed E-state index contributed by atoms with van der Waals surface area (Å²) in [5, 5.41) is 3.56. The molecule has 1 aromatic rings. The fourth-order valence-corrected chi connectivity index (χ4v) is 2.39. The molecule has 1 aliphatic rings. The number of aryl methyl sites for hydroxylation is 1. The maximum absolute atomic E-state index is 6.12. The van der Waals surface area contributed by atoms with E-state index in [0.29, 0.717) is 12.1 Å². The van der Waals surface area contributed by atoms with Crippen molar-refractivity contribution in [3.8, 4) is 0 Å². The van der Waals surface area contributed by atoms with Gasteiger partial charge in [0.15, 0.2) is 0 Å². The molecule has 0 bridgehead atoms. The van der Waals surface area contributed by atoms with Crippen molar-refractivity contribution in [2.24, 2.45) is 5.73 Å². The number of rotatable bonds is 3. The summed E-state index contributed by atoms with van der Waals surface area (Å²) in [5.74, 6) is 0. The van der Waals surface area contributed by atoms with Gasteiger partial charge in [-0.05, 0) is 37.0 Å². The lowest BCUT2D eigenvalue weighted by Gasteiger charge is -2.30. The monoisotopic (exact) mass is 218 g/mol. The highest BCUT2D eigenvalue weighted by atomic mass is 15.0. The van der Waals surface area contributed by atoms with Crippen molar-refractivity contribution >= 4 is 5.69 Å². The first-order valence-corrected chi connectivity index (χ1v) is 6.40. The highest BCUT2D eigenvalue weighted by Crippen LogP contribution is 2.21. The Morgan fingerprint density at radius 1 is 1.19 bits per heavy atom. The van der Waals surface area contributed by atoms with E-state index >= 15 is 0 Å². The smallest absolute Gasteiger partial charge is 0.0412 e. The maximum atomic E-state index is 6.12. The van der Waals surface area contributed by atoms with E-state index in [0.717, 1.165) is 12.8 Å². The van der Waals surface area contributed by atoms with Gasteiger partial charge in [0, 0.05) is 17.8 Å². The molecule has 1 aromatic carbocycles. The Kier molecular flexibility index (Phi) is 3.83. The molecule has 0 aromatic heterocycles. The van der Waals surface area contributed by atoms with E-state index in [1.54, 1.807) is 0 Å². The van der Waals surface area contributed by atoms with Gasteiger partial charge in [-0.2, -0.15) is 0 Å². The molecule has 0 unspecified atom stereocenters. The average molecular weight is 218 g/mol. The second-order valence-electron chi connectivity index (χ2n) is 4.75. The van der Waals surface area contributed by atoms with Crippen LogP contribution in [0.15, 0.2) is 24.3 Å². The highest BCUT2D eigenvalue weighted by molar-refractivity contribution is 5.45. The van der Waals surface area contributed by atoms with Crippen molar-refractivity contribution in [1.29, 1.82) is 0 Å². The minimum Gasteiger partial charge on any atom is -0.381 e. The summed E-state index contributed by atoms with van der Waals surface area (Å²) in [6.07, 6.45) is 6.05. The van der Waals surface area contributed by atoms with Crippen LogP contribution in [-0.4, -0.2) is 12.1 Å². The molecule has 0 heterocycles. The summed E-state index contributed by atoms with van der Waals surface area (Å²) < 4.78 is 0. The summed E-state index contributed by atoms with van der Waals surface area (Å²) in [6, 6.07) is 9.49. The van der Waals surface area contributed by atoms with Gasteiger partial charge in [0.05, 0.1) is 0 Å². The molecule has 3 N–H and O–H groups in total. The van der Waals surface area contributed by atoms with Crippen LogP contribution in [0.5, 0.6) is 0 Å². The predicted molar refractivity (Wildman–Crippen MR) is 69.7 cm³/mol. The Balaban J connectivity index is 1.96. The first kappa shape index (κ1) is 11.5. The molecule has 0 amide bonds. The quantitative estimate of drug-likeness (QED) is 0.818. The Hall–Kier alpha value is -1.02. The topological polar surface area (TPSA) is 38.0 Å². The van der Waals surface area contributed by atoms with Crippen LogP contribution in [0.1, 0.15) is 38.2 Å². The van der Waals surface area contributed by atoms with Crippen molar-refractivity contribution in [3.63, 3.8) is 0 Å². The Bertz CT molecular complexity index is 318. The fraction of sp³-hybridized carbons (Fsp3) is 0.571. The van der Waals surface area contributed by atoms with Gasteiger partial charge in [0.2, 0.25) is 0 Å². The zero-order chi connectivity index (χ0) is 11.4. The van der Waals surface area contributed by atoms with Gasteiger partial charge in [-0.3, -0.25) is 0 Å². The van der Waals surface area contributed by atoms with Crippen molar-refractivity contribution < 1.29 is 0 Å². The third-order valence-electron chi connectivity index (χ3n) is 3.53. The molecule has 0 saturated heterocycles. The third-order valence-corrected chi connectivity index (χ3v) is 3.53. The summed E-state index contributed by atoms with van der Waals surface area (Å²) >= 11 is 0. The zero-order valence-electron chi connectivity index (χ0n) is 10.1. The van der Waals surface area contributed by atoms with Crippen LogP contribution in [0.4, 0.5) is 5.69 Å². The van der Waals surface area contributed by atoms with Gasteiger partial charge in [-0.1, -0.05) is 31.9 Å². The summed E-state index contributed by atoms with van der Waals surface area (Å²) in [7, 11) is 0. The molecule has 1 saturated carbocycles. The van der Waals surface area contributed by atoms with Gasteiger partial charge < -0.3 is 11.1 Å². The molecule has 2 rings (SSSR count). The van der Waals surface area contributed by atoms with Crippen molar-refractivity contribution in [2.75, 3.05) is 5.32 Å². The number of anilines is 1. The molecule has 0 aliphatic heterocycles. The molecular formula is C14H22N2. The minimum absolute atomic E-state index is 0.319. The number of hydrogen-bond acceptors (Lipinski definition) is 2.